The first-order valence-electron chi connectivity index (χ1n) is 7.13. The van der Waals surface area contributed by atoms with Crippen LogP contribution in [0, 0.1) is 11.3 Å². The fourth-order valence-corrected chi connectivity index (χ4v) is 2.78. The molecule has 3 unspecified atom stereocenters. The molecule has 0 radical (unpaired) electrons. The average molecular weight is 274 g/mol. The monoisotopic (exact) mass is 274 g/mol. The molecule has 2 rings (SSSR count). The Morgan fingerprint density at radius 2 is 2.10 bits per heavy atom. The zero-order valence-electron chi connectivity index (χ0n) is 12.1. The molecule has 0 aliphatic heterocycles. The largest absolute Gasteiger partial charge is 0.479 e. The van der Waals surface area contributed by atoms with E-state index in [1.807, 2.05) is 30.3 Å². The van der Waals surface area contributed by atoms with Crippen LogP contribution in [0.4, 0.5) is 0 Å². The quantitative estimate of drug-likeness (QED) is 0.866. The Morgan fingerprint density at radius 1 is 1.35 bits per heavy atom. The van der Waals surface area contributed by atoms with Gasteiger partial charge in [0.1, 0.15) is 11.8 Å². The van der Waals surface area contributed by atoms with E-state index in [2.05, 4.69) is 12.2 Å². The number of benzene rings is 1. The zero-order valence-corrected chi connectivity index (χ0v) is 12.1. The maximum atomic E-state index is 8.48. The highest BCUT2D eigenvalue weighted by Crippen LogP contribution is 2.25. The minimum absolute atomic E-state index is 0.0880. The van der Waals surface area contributed by atoms with Gasteiger partial charge in [0, 0.05) is 19.2 Å². The second-order valence-corrected chi connectivity index (χ2v) is 5.22. The van der Waals surface area contributed by atoms with Gasteiger partial charge in [0.15, 0.2) is 6.61 Å². The fraction of sp³-hybridized carbons (Fsp3) is 0.562. The molecule has 0 heterocycles. The summed E-state index contributed by atoms with van der Waals surface area (Å²) in [6.45, 7) is 2.25. The summed E-state index contributed by atoms with van der Waals surface area (Å²) in [6, 6.07) is 10.6. The Bertz CT molecular complexity index is 453. The highest BCUT2D eigenvalue weighted by molar-refractivity contribution is 5.29. The normalized spacial score (nSPS) is 23.2. The lowest BCUT2D eigenvalue weighted by atomic mass is 10.1. The van der Waals surface area contributed by atoms with Gasteiger partial charge in [-0.1, -0.05) is 12.1 Å². The number of nitrogens with zero attached hydrogens (tertiary/aromatic N) is 1. The van der Waals surface area contributed by atoms with Gasteiger partial charge in [-0.05, 0) is 43.9 Å². The Labute approximate surface area is 120 Å². The summed E-state index contributed by atoms with van der Waals surface area (Å²) in [7, 11) is 1.79. The summed E-state index contributed by atoms with van der Waals surface area (Å²) in [5, 5.41) is 12.1. The van der Waals surface area contributed by atoms with Crippen molar-refractivity contribution in [1.29, 1.82) is 5.26 Å². The lowest BCUT2D eigenvalue weighted by Gasteiger charge is -2.24. The van der Waals surface area contributed by atoms with Gasteiger partial charge in [-0.3, -0.25) is 0 Å². The van der Waals surface area contributed by atoms with Gasteiger partial charge < -0.3 is 14.8 Å². The summed E-state index contributed by atoms with van der Waals surface area (Å²) >= 11 is 0. The zero-order chi connectivity index (χ0) is 14.4. The van der Waals surface area contributed by atoms with Crippen LogP contribution in [0.1, 0.15) is 37.8 Å². The summed E-state index contributed by atoms with van der Waals surface area (Å²) in [6.07, 6.45) is 3.87. The number of methoxy groups -OCH3 is 1. The molecule has 3 atom stereocenters. The Hall–Kier alpha value is -1.57. The lowest BCUT2D eigenvalue weighted by molar-refractivity contribution is 0.0820. The van der Waals surface area contributed by atoms with Crippen LogP contribution in [0.15, 0.2) is 24.3 Å². The van der Waals surface area contributed by atoms with Crippen molar-refractivity contribution in [1.82, 2.24) is 5.32 Å². The van der Waals surface area contributed by atoms with E-state index in [9.17, 15) is 0 Å². The number of hydrogen-bond acceptors (Lipinski definition) is 4. The van der Waals surface area contributed by atoms with Gasteiger partial charge in [-0.2, -0.15) is 5.26 Å². The maximum absolute atomic E-state index is 8.48. The molecular weight excluding hydrogens is 252 g/mol. The van der Waals surface area contributed by atoms with E-state index < -0.39 is 0 Å². The Kier molecular flexibility index (Phi) is 5.40. The molecule has 20 heavy (non-hydrogen) atoms. The third-order valence-corrected chi connectivity index (χ3v) is 3.90. The van der Waals surface area contributed by atoms with Gasteiger partial charge >= 0.3 is 0 Å². The van der Waals surface area contributed by atoms with Crippen molar-refractivity contribution in [3.8, 4) is 11.8 Å². The molecule has 0 aromatic heterocycles. The van der Waals surface area contributed by atoms with Crippen LogP contribution in [0.5, 0.6) is 5.75 Å². The second-order valence-electron chi connectivity index (χ2n) is 5.22. The number of ether oxygens (including phenoxy) is 2. The molecule has 1 aliphatic carbocycles. The minimum Gasteiger partial charge on any atom is -0.479 e. The molecule has 4 nitrogen and oxygen atoms in total. The van der Waals surface area contributed by atoms with Gasteiger partial charge in [0.25, 0.3) is 0 Å². The Morgan fingerprint density at radius 3 is 2.75 bits per heavy atom. The minimum atomic E-state index is 0.0880. The highest BCUT2D eigenvalue weighted by atomic mass is 16.5. The number of nitriles is 1. The van der Waals surface area contributed by atoms with Crippen LogP contribution < -0.4 is 10.1 Å². The van der Waals surface area contributed by atoms with Crippen LogP contribution >= 0.6 is 0 Å². The predicted molar refractivity (Wildman–Crippen MR) is 77.5 cm³/mol. The van der Waals surface area contributed by atoms with Crippen LogP contribution in [-0.2, 0) is 4.74 Å². The van der Waals surface area contributed by atoms with E-state index in [0.29, 0.717) is 12.1 Å². The van der Waals surface area contributed by atoms with Crippen molar-refractivity contribution in [2.24, 2.45) is 0 Å². The number of hydrogen-bond donors (Lipinski definition) is 1. The molecular formula is C16H22N2O2. The molecule has 0 bridgehead atoms. The molecule has 1 aliphatic rings. The van der Waals surface area contributed by atoms with Gasteiger partial charge in [-0.25, -0.2) is 0 Å². The predicted octanol–water partition coefficient (Wildman–Crippen LogP) is 2.81. The van der Waals surface area contributed by atoms with Crippen molar-refractivity contribution < 1.29 is 9.47 Å². The van der Waals surface area contributed by atoms with E-state index in [0.717, 1.165) is 12.2 Å². The molecule has 108 valence electrons. The summed E-state index contributed by atoms with van der Waals surface area (Å²) < 4.78 is 10.8. The summed E-state index contributed by atoms with van der Waals surface area (Å²) in [5.41, 5.74) is 1.22. The smallest absolute Gasteiger partial charge is 0.174 e. The molecule has 0 amide bonds. The third-order valence-electron chi connectivity index (χ3n) is 3.90. The van der Waals surface area contributed by atoms with Crippen molar-refractivity contribution >= 4 is 0 Å². The van der Waals surface area contributed by atoms with E-state index >= 15 is 0 Å². The molecule has 0 saturated heterocycles. The van der Waals surface area contributed by atoms with Gasteiger partial charge in [0.05, 0.1) is 6.10 Å². The van der Waals surface area contributed by atoms with Crippen LogP contribution in [0.3, 0.4) is 0 Å². The topological polar surface area (TPSA) is 54.3 Å². The SMILES string of the molecule is COC1CCCC1NC(C)c1ccc(OCC#N)cc1. The standard InChI is InChI=1S/C16H22N2O2/c1-12(18-15-4-3-5-16(15)19-2)13-6-8-14(9-7-13)20-11-10-17/h6-9,12,15-16,18H,3-5,11H2,1-2H3. The van der Waals surface area contributed by atoms with E-state index in [-0.39, 0.29) is 12.6 Å². The Balaban J connectivity index is 1.92. The third kappa shape index (κ3) is 3.72. The van der Waals surface area contributed by atoms with E-state index in [4.69, 9.17) is 14.7 Å². The van der Waals surface area contributed by atoms with Crippen molar-refractivity contribution in [2.75, 3.05) is 13.7 Å². The molecule has 1 aromatic carbocycles. The molecule has 1 N–H and O–H groups in total. The van der Waals surface area contributed by atoms with E-state index in [1.54, 1.807) is 7.11 Å². The average Bonchev–Trinajstić information content (AvgIpc) is 2.92. The molecule has 1 fully saturated rings. The fourth-order valence-electron chi connectivity index (χ4n) is 2.78. The molecule has 1 saturated carbocycles. The molecule has 0 spiro atoms. The van der Waals surface area contributed by atoms with Crippen molar-refractivity contribution in [2.45, 2.75) is 44.4 Å². The number of nitrogens with one attached hydrogen (secondary N) is 1. The van der Waals surface area contributed by atoms with Crippen molar-refractivity contribution in [3.05, 3.63) is 29.8 Å². The summed E-state index contributed by atoms with van der Waals surface area (Å²) in [5.74, 6) is 0.734. The van der Waals surface area contributed by atoms with Gasteiger partial charge in [-0.15, -0.1) is 0 Å². The first-order valence-corrected chi connectivity index (χ1v) is 7.13. The van der Waals surface area contributed by atoms with Crippen LogP contribution in [0.2, 0.25) is 0 Å². The molecule has 1 aromatic rings. The lowest BCUT2D eigenvalue weighted by Crippen LogP contribution is -2.38. The van der Waals surface area contributed by atoms with Crippen molar-refractivity contribution in [3.63, 3.8) is 0 Å². The van der Waals surface area contributed by atoms with E-state index in [1.165, 1.54) is 18.4 Å². The highest BCUT2D eigenvalue weighted by Gasteiger charge is 2.28. The van der Waals surface area contributed by atoms with Crippen LogP contribution in [-0.4, -0.2) is 25.9 Å². The summed E-state index contributed by atoms with van der Waals surface area (Å²) in [4.78, 5) is 0. The maximum Gasteiger partial charge on any atom is 0.174 e. The second kappa shape index (κ2) is 7.28. The molecule has 4 heteroatoms. The van der Waals surface area contributed by atoms with Crippen LogP contribution in [0.25, 0.3) is 0 Å². The van der Waals surface area contributed by atoms with Gasteiger partial charge in [0.2, 0.25) is 0 Å². The number of rotatable bonds is 6. The first-order chi connectivity index (χ1) is 9.74. The first kappa shape index (κ1) is 14.8.